The first-order valence-electron chi connectivity index (χ1n) is 7.66. The third kappa shape index (κ3) is 2.62. The smallest absolute Gasteiger partial charge is 0.0405 e. The zero-order valence-corrected chi connectivity index (χ0v) is 13.3. The molecule has 0 saturated carbocycles. The summed E-state index contributed by atoms with van der Waals surface area (Å²) in [5, 5.41) is 8.94. The van der Waals surface area contributed by atoms with E-state index in [0.29, 0.717) is 0 Å². The summed E-state index contributed by atoms with van der Waals surface area (Å²) in [6, 6.07) is 31.3. The van der Waals surface area contributed by atoms with Crippen LogP contribution in [0.5, 0.6) is 0 Å². The van der Waals surface area contributed by atoms with E-state index in [4.69, 9.17) is 11.6 Å². The van der Waals surface area contributed by atoms with Crippen molar-refractivity contribution in [2.75, 3.05) is 0 Å². The highest BCUT2D eigenvalue weighted by Crippen LogP contribution is 2.33. The second-order valence-corrected chi connectivity index (χ2v) is 6.02. The quantitative estimate of drug-likeness (QED) is 0.272. The predicted octanol–water partition coefficient (Wildman–Crippen LogP) is 6.92. The first kappa shape index (κ1) is 14.0. The van der Waals surface area contributed by atoms with E-state index in [0.717, 1.165) is 5.02 Å². The van der Waals surface area contributed by atoms with Crippen molar-refractivity contribution in [2.45, 2.75) is 0 Å². The Morgan fingerprint density at radius 1 is 0.391 bits per heavy atom. The molecule has 0 aliphatic carbocycles. The van der Waals surface area contributed by atoms with Crippen LogP contribution in [-0.2, 0) is 0 Å². The van der Waals surface area contributed by atoms with Gasteiger partial charge in [0.05, 0.1) is 0 Å². The van der Waals surface area contributed by atoms with Crippen LogP contribution in [0.3, 0.4) is 0 Å². The molecule has 0 N–H and O–H groups in total. The summed E-state index contributed by atoms with van der Waals surface area (Å²) < 4.78 is 0. The summed E-state index contributed by atoms with van der Waals surface area (Å²) in [6.45, 7) is 0. The van der Waals surface area contributed by atoms with Gasteiger partial charge in [-0.3, -0.25) is 0 Å². The minimum absolute atomic E-state index is 0.794. The lowest BCUT2D eigenvalue weighted by molar-refractivity contribution is 1.71. The molecule has 5 aromatic carbocycles. The summed E-state index contributed by atoms with van der Waals surface area (Å²) in [5.41, 5.74) is 0. The van der Waals surface area contributed by atoms with Gasteiger partial charge < -0.3 is 0 Å². The molecule has 0 atom stereocenters. The van der Waals surface area contributed by atoms with Gasteiger partial charge in [0.1, 0.15) is 0 Å². The van der Waals surface area contributed by atoms with Gasteiger partial charge in [0.2, 0.25) is 0 Å². The first-order chi connectivity index (χ1) is 11.3. The zero-order valence-electron chi connectivity index (χ0n) is 12.5. The number of rotatable bonds is 0. The van der Waals surface area contributed by atoms with E-state index in [9.17, 15) is 0 Å². The molecule has 0 saturated heterocycles. The van der Waals surface area contributed by atoms with Crippen LogP contribution in [0.4, 0.5) is 0 Å². The molecule has 0 aromatic heterocycles. The molecule has 0 unspecified atom stereocenters. The van der Waals surface area contributed by atoms with Crippen LogP contribution in [0.15, 0.2) is 91.0 Å². The molecule has 23 heavy (non-hydrogen) atoms. The molecule has 0 nitrogen and oxygen atoms in total. The van der Waals surface area contributed by atoms with Crippen molar-refractivity contribution in [1.29, 1.82) is 0 Å². The fourth-order valence-corrected chi connectivity index (χ4v) is 3.23. The third-order valence-electron chi connectivity index (χ3n) is 4.13. The molecule has 0 spiro atoms. The second-order valence-electron chi connectivity index (χ2n) is 5.59. The van der Waals surface area contributed by atoms with Gasteiger partial charge in [0, 0.05) is 5.02 Å². The van der Waals surface area contributed by atoms with Gasteiger partial charge in [-0.1, -0.05) is 90.5 Å². The predicted molar refractivity (Wildman–Crippen MR) is 102 cm³/mol. The van der Waals surface area contributed by atoms with Crippen LogP contribution >= 0.6 is 11.6 Å². The van der Waals surface area contributed by atoms with E-state index < -0.39 is 0 Å². The Balaban J connectivity index is 0.000000164. The Morgan fingerprint density at radius 3 is 1.09 bits per heavy atom. The Bertz CT molecular complexity index is 935. The van der Waals surface area contributed by atoms with Crippen LogP contribution in [-0.4, -0.2) is 0 Å². The lowest BCUT2D eigenvalue weighted by atomic mass is 9.95. The third-order valence-corrected chi connectivity index (χ3v) is 4.38. The van der Waals surface area contributed by atoms with E-state index in [-0.39, 0.29) is 0 Å². The van der Waals surface area contributed by atoms with E-state index >= 15 is 0 Å². The number of benzene rings is 5. The molecule has 1 heteroatoms. The molecule has 5 rings (SSSR count). The lowest BCUT2D eigenvalue weighted by Crippen LogP contribution is -1.82. The molecule has 0 bridgehead atoms. The van der Waals surface area contributed by atoms with Gasteiger partial charge in [-0.05, 0) is 44.5 Å². The summed E-state index contributed by atoms with van der Waals surface area (Å²) in [4.78, 5) is 0. The zero-order chi connectivity index (χ0) is 15.6. The molecule has 0 radical (unpaired) electrons. The number of halogens is 1. The molecule has 0 fully saturated rings. The first-order valence-corrected chi connectivity index (χ1v) is 8.04. The summed E-state index contributed by atoms with van der Waals surface area (Å²) in [5.74, 6) is 0. The van der Waals surface area contributed by atoms with Gasteiger partial charge in [0.15, 0.2) is 0 Å². The summed E-state index contributed by atoms with van der Waals surface area (Å²) in [6.07, 6.45) is 0. The van der Waals surface area contributed by atoms with Crippen molar-refractivity contribution >= 4 is 43.9 Å². The SMILES string of the molecule is Clc1ccccc1.c1cc2ccc3cccc4ccc(c1)c2c34. The van der Waals surface area contributed by atoms with Crippen molar-refractivity contribution in [2.24, 2.45) is 0 Å². The van der Waals surface area contributed by atoms with E-state index in [2.05, 4.69) is 60.7 Å². The Morgan fingerprint density at radius 2 is 0.783 bits per heavy atom. The van der Waals surface area contributed by atoms with Crippen molar-refractivity contribution in [3.63, 3.8) is 0 Å². The Labute approximate surface area is 140 Å². The van der Waals surface area contributed by atoms with E-state index in [1.54, 1.807) is 0 Å². The molecule has 110 valence electrons. The Hall–Kier alpha value is -2.57. The Kier molecular flexibility index (Phi) is 3.61. The minimum Gasteiger partial charge on any atom is -0.0843 e. The molecule has 0 aliphatic heterocycles. The van der Waals surface area contributed by atoms with Gasteiger partial charge in [-0.2, -0.15) is 0 Å². The maximum absolute atomic E-state index is 5.54. The summed E-state index contributed by atoms with van der Waals surface area (Å²) >= 11 is 5.54. The number of hydrogen-bond acceptors (Lipinski definition) is 0. The largest absolute Gasteiger partial charge is 0.0843 e. The van der Waals surface area contributed by atoms with Crippen LogP contribution in [0.2, 0.25) is 5.02 Å². The van der Waals surface area contributed by atoms with Crippen molar-refractivity contribution in [3.8, 4) is 0 Å². The topological polar surface area (TPSA) is 0 Å². The van der Waals surface area contributed by atoms with Gasteiger partial charge in [-0.15, -0.1) is 0 Å². The molecule has 0 amide bonds. The molecule has 5 aromatic rings. The second kappa shape index (κ2) is 5.91. The fourth-order valence-electron chi connectivity index (χ4n) is 3.08. The standard InChI is InChI=1S/C16H10.C6H5Cl/c1-3-11-7-9-13-5-2-6-14-10-8-12(4-1)15(11)16(13)14;7-6-4-2-1-3-5-6/h1-10H;1-5H. The maximum Gasteiger partial charge on any atom is 0.0405 e. The maximum atomic E-state index is 5.54. The average molecular weight is 315 g/mol. The highest BCUT2D eigenvalue weighted by atomic mass is 35.5. The number of hydrogen-bond donors (Lipinski definition) is 0. The monoisotopic (exact) mass is 314 g/mol. The minimum atomic E-state index is 0.794. The molecular formula is C22H15Cl. The van der Waals surface area contributed by atoms with Crippen molar-refractivity contribution in [3.05, 3.63) is 96.0 Å². The van der Waals surface area contributed by atoms with Gasteiger partial charge in [-0.25, -0.2) is 0 Å². The van der Waals surface area contributed by atoms with Crippen molar-refractivity contribution < 1.29 is 0 Å². The molecule has 0 heterocycles. The van der Waals surface area contributed by atoms with Gasteiger partial charge >= 0.3 is 0 Å². The van der Waals surface area contributed by atoms with Crippen LogP contribution < -0.4 is 0 Å². The molecule has 0 aliphatic rings. The van der Waals surface area contributed by atoms with Crippen LogP contribution in [0.25, 0.3) is 32.3 Å². The summed E-state index contributed by atoms with van der Waals surface area (Å²) in [7, 11) is 0. The van der Waals surface area contributed by atoms with E-state index in [1.807, 2.05) is 30.3 Å². The van der Waals surface area contributed by atoms with Gasteiger partial charge in [0.25, 0.3) is 0 Å². The fraction of sp³-hybridized carbons (Fsp3) is 0. The average Bonchev–Trinajstić information content (AvgIpc) is 2.61. The van der Waals surface area contributed by atoms with Crippen LogP contribution in [0.1, 0.15) is 0 Å². The van der Waals surface area contributed by atoms with E-state index in [1.165, 1.54) is 32.3 Å². The lowest BCUT2D eigenvalue weighted by Gasteiger charge is -2.09. The highest BCUT2D eigenvalue weighted by molar-refractivity contribution is 6.30. The highest BCUT2D eigenvalue weighted by Gasteiger charge is 2.05. The van der Waals surface area contributed by atoms with Crippen molar-refractivity contribution in [1.82, 2.24) is 0 Å². The van der Waals surface area contributed by atoms with Crippen LogP contribution in [0, 0.1) is 0 Å². The normalized spacial score (nSPS) is 10.8. The molecular weight excluding hydrogens is 300 g/mol.